The van der Waals surface area contributed by atoms with Crippen molar-refractivity contribution < 1.29 is 14.3 Å². The number of hydrogen-bond acceptors (Lipinski definition) is 4. The minimum atomic E-state index is -0.301. The van der Waals surface area contributed by atoms with Crippen molar-refractivity contribution >= 4 is 17.6 Å². The molecule has 0 bridgehead atoms. The molecule has 1 amide bonds. The molecule has 0 saturated heterocycles. The average molecular weight is 278 g/mol. The Hall–Kier alpha value is -1.88. The molecule has 5 heteroatoms. The van der Waals surface area contributed by atoms with Crippen LogP contribution in [0.1, 0.15) is 30.0 Å². The molecule has 0 atom stereocenters. The van der Waals surface area contributed by atoms with Crippen LogP contribution in [0.15, 0.2) is 12.1 Å². The number of carbonyl (C=O) groups excluding carboxylic acids is 2. The molecule has 0 aliphatic heterocycles. The summed E-state index contributed by atoms with van der Waals surface area (Å²) < 4.78 is 4.98. The smallest absolute Gasteiger partial charge is 0.302 e. The number of esters is 1. The van der Waals surface area contributed by atoms with Crippen molar-refractivity contribution in [2.45, 2.75) is 33.8 Å². The zero-order chi connectivity index (χ0) is 15.1. The average Bonchev–Trinajstić information content (AvgIpc) is 2.38. The van der Waals surface area contributed by atoms with Crippen molar-refractivity contribution in [3.63, 3.8) is 0 Å². The molecule has 0 unspecified atom stereocenters. The zero-order valence-corrected chi connectivity index (χ0v) is 12.5. The highest BCUT2D eigenvalue weighted by Crippen LogP contribution is 2.23. The van der Waals surface area contributed by atoms with Crippen LogP contribution in [0.5, 0.6) is 0 Å². The van der Waals surface area contributed by atoms with Gasteiger partial charge in [-0.25, -0.2) is 0 Å². The van der Waals surface area contributed by atoms with Crippen molar-refractivity contribution in [3.05, 3.63) is 28.8 Å². The topological polar surface area (TPSA) is 67.4 Å². The summed E-state index contributed by atoms with van der Waals surface area (Å²) in [6.07, 6.45) is 0.435. The summed E-state index contributed by atoms with van der Waals surface area (Å²) in [5, 5.41) is 5.86. The highest BCUT2D eigenvalue weighted by molar-refractivity contribution is 5.92. The van der Waals surface area contributed by atoms with Gasteiger partial charge in [0.2, 0.25) is 5.91 Å². The number of benzene rings is 1. The molecule has 0 radical (unpaired) electrons. The summed E-state index contributed by atoms with van der Waals surface area (Å²) in [4.78, 5) is 22.6. The van der Waals surface area contributed by atoms with E-state index < -0.39 is 0 Å². The molecular formula is C15H22N2O3. The monoisotopic (exact) mass is 278 g/mol. The molecule has 5 nitrogen and oxygen atoms in total. The first-order chi connectivity index (χ1) is 9.43. The fourth-order valence-electron chi connectivity index (χ4n) is 1.96. The summed E-state index contributed by atoms with van der Waals surface area (Å²) >= 11 is 0. The second-order valence-corrected chi connectivity index (χ2v) is 4.79. The zero-order valence-electron chi connectivity index (χ0n) is 12.5. The Bertz CT molecular complexity index is 475. The van der Waals surface area contributed by atoms with E-state index in [1.54, 1.807) is 0 Å². The van der Waals surface area contributed by atoms with Gasteiger partial charge in [0, 0.05) is 25.6 Å². The van der Waals surface area contributed by atoms with Crippen LogP contribution in [0.25, 0.3) is 0 Å². The van der Waals surface area contributed by atoms with E-state index >= 15 is 0 Å². The van der Waals surface area contributed by atoms with Gasteiger partial charge in [-0.3, -0.25) is 9.59 Å². The highest BCUT2D eigenvalue weighted by Gasteiger charge is 2.09. The first kappa shape index (κ1) is 16.2. The van der Waals surface area contributed by atoms with E-state index in [0.29, 0.717) is 13.0 Å². The van der Waals surface area contributed by atoms with Crippen molar-refractivity contribution in [1.82, 2.24) is 5.32 Å². The van der Waals surface area contributed by atoms with Crippen LogP contribution in [-0.4, -0.2) is 25.5 Å². The Morgan fingerprint density at radius 1 is 1.20 bits per heavy atom. The molecule has 0 saturated carbocycles. The lowest BCUT2D eigenvalue weighted by atomic mass is 10.0. The SMILES string of the molecule is CNCCC(=O)Nc1c(C)cc(COC(C)=O)cc1C. The van der Waals surface area contributed by atoms with Gasteiger partial charge in [0.05, 0.1) is 0 Å². The molecule has 0 heterocycles. The quantitative estimate of drug-likeness (QED) is 0.780. The van der Waals surface area contributed by atoms with Crippen molar-refractivity contribution in [2.75, 3.05) is 18.9 Å². The molecule has 0 aliphatic rings. The minimum Gasteiger partial charge on any atom is -0.461 e. The largest absolute Gasteiger partial charge is 0.461 e. The lowest BCUT2D eigenvalue weighted by Gasteiger charge is -2.14. The van der Waals surface area contributed by atoms with Crippen molar-refractivity contribution in [3.8, 4) is 0 Å². The van der Waals surface area contributed by atoms with E-state index in [1.165, 1.54) is 6.92 Å². The number of rotatable bonds is 6. The second kappa shape index (κ2) is 7.65. The standard InChI is InChI=1S/C15H22N2O3/c1-10-7-13(9-20-12(3)18)8-11(2)15(10)17-14(19)5-6-16-4/h7-8,16H,5-6,9H2,1-4H3,(H,17,19). The highest BCUT2D eigenvalue weighted by atomic mass is 16.5. The Balaban J connectivity index is 2.78. The molecule has 20 heavy (non-hydrogen) atoms. The van der Waals surface area contributed by atoms with E-state index in [0.717, 1.165) is 22.4 Å². The Morgan fingerprint density at radius 2 is 1.80 bits per heavy atom. The fourth-order valence-corrected chi connectivity index (χ4v) is 1.96. The summed E-state index contributed by atoms with van der Waals surface area (Å²) in [7, 11) is 1.81. The molecule has 0 fully saturated rings. The van der Waals surface area contributed by atoms with Crippen LogP contribution in [0.4, 0.5) is 5.69 Å². The Morgan fingerprint density at radius 3 is 2.30 bits per heavy atom. The van der Waals surface area contributed by atoms with Gasteiger partial charge in [-0.1, -0.05) is 12.1 Å². The van der Waals surface area contributed by atoms with Crippen LogP contribution < -0.4 is 10.6 Å². The summed E-state index contributed by atoms with van der Waals surface area (Å²) in [6, 6.07) is 3.84. The summed E-state index contributed by atoms with van der Waals surface area (Å²) in [5.74, 6) is -0.317. The fraction of sp³-hybridized carbons (Fsp3) is 0.467. The number of nitrogens with one attached hydrogen (secondary N) is 2. The lowest BCUT2D eigenvalue weighted by molar-refractivity contribution is -0.142. The third-order valence-electron chi connectivity index (χ3n) is 2.90. The number of hydrogen-bond donors (Lipinski definition) is 2. The Labute approximate surface area is 119 Å². The maximum absolute atomic E-state index is 11.8. The normalized spacial score (nSPS) is 10.2. The summed E-state index contributed by atoms with van der Waals surface area (Å²) in [5.41, 5.74) is 3.68. The van der Waals surface area contributed by atoms with E-state index in [4.69, 9.17) is 4.74 Å². The number of carbonyl (C=O) groups is 2. The van der Waals surface area contributed by atoms with E-state index in [2.05, 4.69) is 10.6 Å². The third-order valence-corrected chi connectivity index (χ3v) is 2.90. The molecule has 110 valence electrons. The molecule has 1 aromatic carbocycles. The predicted molar refractivity (Wildman–Crippen MR) is 78.6 cm³/mol. The van der Waals surface area contributed by atoms with Crippen LogP contribution in [-0.2, 0) is 20.9 Å². The van der Waals surface area contributed by atoms with Gasteiger partial charge >= 0.3 is 5.97 Å². The maximum atomic E-state index is 11.8. The van der Waals surface area contributed by atoms with Crippen LogP contribution in [0.3, 0.4) is 0 Å². The summed E-state index contributed by atoms with van der Waals surface area (Å²) in [6.45, 7) is 6.14. The molecule has 1 rings (SSSR count). The van der Waals surface area contributed by atoms with Gasteiger partial charge in [-0.05, 0) is 37.6 Å². The van der Waals surface area contributed by atoms with Gasteiger partial charge in [-0.2, -0.15) is 0 Å². The van der Waals surface area contributed by atoms with Gasteiger partial charge in [0.1, 0.15) is 6.61 Å². The number of aryl methyl sites for hydroxylation is 2. The van der Waals surface area contributed by atoms with E-state index in [1.807, 2.05) is 33.0 Å². The van der Waals surface area contributed by atoms with Crippen LogP contribution in [0, 0.1) is 13.8 Å². The van der Waals surface area contributed by atoms with E-state index in [9.17, 15) is 9.59 Å². The van der Waals surface area contributed by atoms with Gasteiger partial charge in [-0.15, -0.1) is 0 Å². The van der Waals surface area contributed by atoms with Crippen molar-refractivity contribution in [2.24, 2.45) is 0 Å². The van der Waals surface area contributed by atoms with E-state index in [-0.39, 0.29) is 18.5 Å². The minimum absolute atomic E-state index is 0.0155. The number of amides is 1. The molecular weight excluding hydrogens is 256 g/mol. The maximum Gasteiger partial charge on any atom is 0.302 e. The molecule has 1 aromatic rings. The van der Waals surface area contributed by atoms with Crippen LogP contribution >= 0.6 is 0 Å². The van der Waals surface area contributed by atoms with Gasteiger partial charge < -0.3 is 15.4 Å². The van der Waals surface area contributed by atoms with Gasteiger partial charge in [0.25, 0.3) is 0 Å². The molecule has 0 aliphatic carbocycles. The number of anilines is 1. The molecule has 0 aromatic heterocycles. The van der Waals surface area contributed by atoms with Gasteiger partial charge in [0.15, 0.2) is 0 Å². The second-order valence-electron chi connectivity index (χ2n) is 4.79. The molecule has 2 N–H and O–H groups in total. The lowest BCUT2D eigenvalue weighted by Crippen LogP contribution is -2.19. The molecule has 0 spiro atoms. The van der Waals surface area contributed by atoms with Crippen molar-refractivity contribution in [1.29, 1.82) is 0 Å². The Kier molecular flexibility index (Phi) is 6.18. The first-order valence-corrected chi connectivity index (χ1v) is 6.62. The number of ether oxygens (including phenoxy) is 1. The first-order valence-electron chi connectivity index (χ1n) is 6.62. The van der Waals surface area contributed by atoms with Crippen LogP contribution in [0.2, 0.25) is 0 Å². The third kappa shape index (κ3) is 5.01. The predicted octanol–water partition coefficient (Wildman–Crippen LogP) is 1.91.